The second kappa shape index (κ2) is 9.89. The minimum Gasteiger partial charge on any atom is -0.460 e. The van der Waals surface area contributed by atoms with E-state index in [0.29, 0.717) is 0 Å². The van der Waals surface area contributed by atoms with E-state index >= 15 is 0 Å². The second-order valence-corrected chi connectivity index (χ2v) is 16.0. The van der Waals surface area contributed by atoms with Crippen molar-refractivity contribution in [3.8, 4) is 0 Å². The topological polar surface area (TPSA) is 82.1 Å². The Hall–Kier alpha value is -2.45. The lowest BCUT2D eigenvalue weighted by Crippen LogP contribution is -2.69. The number of methoxy groups -OCH3 is 1. The zero-order chi connectivity index (χ0) is 26.2. The van der Waals surface area contributed by atoms with Crippen LogP contribution in [-0.4, -0.2) is 50.9 Å². The number of likely N-dealkylation sites (tertiary alicyclic amines) is 1. The van der Waals surface area contributed by atoms with Gasteiger partial charge in [-0.2, -0.15) is 0 Å². The quantitative estimate of drug-likeness (QED) is 0.239. The van der Waals surface area contributed by atoms with Crippen LogP contribution in [0.3, 0.4) is 0 Å². The maximum atomic E-state index is 14.0. The first-order chi connectivity index (χ1) is 16.3. The van der Waals surface area contributed by atoms with E-state index in [0.717, 1.165) is 10.5 Å². The molecule has 0 N–H and O–H groups in total. The third kappa shape index (κ3) is 4.83. The third-order valence-electron chi connectivity index (χ3n) is 8.07. The van der Waals surface area contributed by atoms with Crippen LogP contribution < -0.4 is 0 Å². The lowest BCUT2D eigenvalue weighted by molar-refractivity contribution is -0.188. The average Bonchev–Trinajstić information content (AvgIpc) is 2.80. The van der Waals surface area contributed by atoms with E-state index in [-0.39, 0.29) is 24.1 Å². The highest BCUT2D eigenvalue weighted by Gasteiger charge is 2.67. The van der Waals surface area contributed by atoms with Crippen molar-refractivity contribution in [1.29, 1.82) is 0 Å². The number of allylic oxidation sites excluding steroid dienone is 2. The van der Waals surface area contributed by atoms with Gasteiger partial charge in [-0.25, -0.2) is 9.69 Å². The number of rotatable bonds is 5. The highest BCUT2D eigenvalue weighted by atomic mass is 28.4. The smallest absolute Gasteiger partial charge is 0.416 e. The van der Waals surface area contributed by atoms with Crippen LogP contribution in [0.2, 0.25) is 18.1 Å². The van der Waals surface area contributed by atoms with Gasteiger partial charge in [0.2, 0.25) is 0 Å². The molecule has 0 saturated carbocycles. The van der Waals surface area contributed by atoms with Crippen LogP contribution in [0.15, 0.2) is 42.5 Å². The van der Waals surface area contributed by atoms with Gasteiger partial charge in [0.25, 0.3) is 5.91 Å². The number of carbonyl (C=O) groups is 3. The predicted molar refractivity (Wildman–Crippen MR) is 136 cm³/mol. The first-order valence-electron chi connectivity index (χ1n) is 12.2. The fourth-order valence-electron chi connectivity index (χ4n) is 5.09. The summed E-state index contributed by atoms with van der Waals surface area (Å²) in [7, 11) is -1.09. The SMILES string of the molecule is COC(=O)N1C[C@@H](O[Si](C)(C)C(C)(C)C)[C@H]2C(C)C=CC(C)[C@]2(C(=O)OCc2ccccc2)C1=O. The van der Waals surface area contributed by atoms with Gasteiger partial charge in [0.05, 0.1) is 19.8 Å². The molecule has 0 bridgehead atoms. The van der Waals surface area contributed by atoms with Crippen LogP contribution in [0.5, 0.6) is 0 Å². The summed E-state index contributed by atoms with van der Waals surface area (Å²) in [5, 5.41) is -0.0968. The number of hydrogen-bond donors (Lipinski definition) is 0. The molecule has 1 saturated heterocycles. The van der Waals surface area contributed by atoms with E-state index in [1.807, 2.05) is 56.3 Å². The summed E-state index contributed by atoms with van der Waals surface area (Å²) in [6.45, 7) is 14.6. The van der Waals surface area contributed by atoms with Crippen LogP contribution in [-0.2, 0) is 30.1 Å². The molecule has 35 heavy (non-hydrogen) atoms. The number of piperidine rings is 1. The molecule has 0 spiro atoms. The van der Waals surface area contributed by atoms with Gasteiger partial charge in [-0.3, -0.25) is 9.59 Å². The maximum absolute atomic E-state index is 14.0. The fraction of sp³-hybridized carbons (Fsp3) is 0.593. The monoisotopic (exact) mass is 501 g/mol. The first-order valence-corrected chi connectivity index (χ1v) is 15.2. The number of benzene rings is 1. The molecule has 1 heterocycles. The molecule has 1 aromatic carbocycles. The van der Waals surface area contributed by atoms with Gasteiger partial charge in [0, 0.05) is 5.92 Å². The molecule has 2 amide bonds. The lowest BCUT2D eigenvalue weighted by Gasteiger charge is -2.55. The van der Waals surface area contributed by atoms with Crippen molar-refractivity contribution < 1.29 is 28.3 Å². The number of imide groups is 1. The van der Waals surface area contributed by atoms with Crippen LogP contribution in [0, 0.1) is 23.2 Å². The van der Waals surface area contributed by atoms with Gasteiger partial charge >= 0.3 is 12.1 Å². The molecule has 0 aromatic heterocycles. The largest absolute Gasteiger partial charge is 0.460 e. The van der Waals surface area contributed by atoms with Crippen molar-refractivity contribution in [2.45, 2.75) is 65.5 Å². The van der Waals surface area contributed by atoms with E-state index in [2.05, 4.69) is 33.9 Å². The minimum absolute atomic E-state index is 0.0399. The standard InChI is InChI=1S/C27H39NO6Si/c1-18-14-15-19(2)27(24(30)33-17-20-12-10-9-11-13-20)22(18)21(34-35(7,8)26(3,4)5)16-28(23(27)29)25(31)32-6/h9-15,18-19,21-22H,16-17H2,1-8H3/t18?,19?,21-,22-,27-/m1/s1. The number of fused-ring (bicyclic) bond motifs is 1. The molecule has 5 atom stereocenters. The number of ether oxygens (including phenoxy) is 2. The Morgan fingerprint density at radius 2 is 1.74 bits per heavy atom. The predicted octanol–water partition coefficient (Wildman–Crippen LogP) is 5.17. The molecule has 1 aliphatic carbocycles. The van der Waals surface area contributed by atoms with Crippen LogP contribution >= 0.6 is 0 Å². The van der Waals surface area contributed by atoms with Gasteiger partial charge in [-0.1, -0.05) is 77.1 Å². The van der Waals surface area contributed by atoms with E-state index in [1.54, 1.807) is 0 Å². The van der Waals surface area contributed by atoms with E-state index in [1.165, 1.54) is 7.11 Å². The normalized spacial score (nSPS) is 28.9. The molecule has 192 valence electrons. The van der Waals surface area contributed by atoms with Crippen LogP contribution in [0.25, 0.3) is 0 Å². The van der Waals surface area contributed by atoms with Gasteiger partial charge in [-0.15, -0.1) is 0 Å². The van der Waals surface area contributed by atoms with Gasteiger partial charge in [0.15, 0.2) is 13.7 Å². The number of esters is 1. The van der Waals surface area contributed by atoms with Crippen molar-refractivity contribution in [2.24, 2.45) is 23.2 Å². The maximum Gasteiger partial charge on any atom is 0.416 e. The second-order valence-electron chi connectivity index (χ2n) is 11.3. The number of nitrogens with zero attached hydrogens (tertiary/aromatic N) is 1. The Morgan fingerprint density at radius 3 is 2.31 bits per heavy atom. The van der Waals surface area contributed by atoms with Gasteiger partial charge in [-0.05, 0) is 35.5 Å². The number of hydrogen-bond acceptors (Lipinski definition) is 6. The third-order valence-corrected chi connectivity index (χ3v) is 12.6. The van der Waals surface area contributed by atoms with Gasteiger partial charge < -0.3 is 13.9 Å². The Kier molecular flexibility index (Phi) is 7.67. The average molecular weight is 502 g/mol. The number of amides is 2. The molecule has 7 nitrogen and oxygen atoms in total. The molecule has 2 aliphatic rings. The molecule has 1 aliphatic heterocycles. The summed E-state index contributed by atoms with van der Waals surface area (Å²) in [6.07, 6.45) is 2.61. The minimum atomic E-state index is -2.32. The number of carbonyl (C=O) groups excluding carboxylic acids is 3. The summed E-state index contributed by atoms with van der Waals surface area (Å²) < 4.78 is 17.6. The zero-order valence-corrected chi connectivity index (χ0v) is 23.2. The van der Waals surface area contributed by atoms with E-state index in [4.69, 9.17) is 13.9 Å². The highest BCUT2D eigenvalue weighted by molar-refractivity contribution is 6.74. The summed E-state index contributed by atoms with van der Waals surface area (Å²) in [5.74, 6) is -2.30. The van der Waals surface area contributed by atoms with Gasteiger partial charge in [0.1, 0.15) is 6.61 Å². The van der Waals surface area contributed by atoms with Crippen LogP contribution in [0.4, 0.5) is 4.79 Å². The fourth-order valence-corrected chi connectivity index (χ4v) is 6.42. The Labute approximate surface area is 209 Å². The van der Waals surface area contributed by atoms with E-state index < -0.39 is 49.6 Å². The van der Waals surface area contributed by atoms with Crippen molar-refractivity contribution >= 4 is 26.3 Å². The summed E-state index contributed by atoms with van der Waals surface area (Å²) >= 11 is 0. The molecular formula is C27H39NO6Si. The Morgan fingerprint density at radius 1 is 1.11 bits per heavy atom. The van der Waals surface area contributed by atoms with Crippen molar-refractivity contribution in [3.63, 3.8) is 0 Å². The molecular weight excluding hydrogens is 462 g/mol. The van der Waals surface area contributed by atoms with E-state index in [9.17, 15) is 14.4 Å². The molecule has 1 aromatic rings. The first kappa shape index (κ1) is 27.1. The molecule has 1 fully saturated rings. The summed E-state index contributed by atoms with van der Waals surface area (Å²) in [5.41, 5.74) is -0.773. The van der Waals surface area contributed by atoms with Crippen molar-refractivity contribution in [3.05, 3.63) is 48.0 Å². The van der Waals surface area contributed by atoms with Crippen molar-refractivity contribution in [1.82, 2.24) is 4.90 Å². The summed E-state index contributed by atoms with van der Waals surface area (Å²) in [4.78, 5) is 41.8. The molecule has 0 radical (unpaired) electrons. The Balaban J connectivity index is 2.10. The van der Waals surface area contributed by atoms with Crippen molar-refractivity contribution in [2.75, 3.05) is 13.7 Å². The summed E-state index contributed by atoms with van der Waals surface area (Å²) in [6, 6.07) is 9.35. The zero-order valence-electron chi connectivity index (χ0n) is 22.2. The van der Waals surface area contributed by atoms with Crippen LogP contribution in [0.1, 0.15) is 40.2 Å². The molecule has 8 heteroatoms. The Bertz CT molecular complexity index is 985. The molecule has 2 unspecified atom stereocenters. The highest BCUT2D eigenvalue weighted by Crippen LogP contribution is 2.53. The lowest BCUT2D eigenvalue weighted by atomic mass is 9.55. The molecule has 3 rings (SSSR count).